The molecule has 0 saturated carbocycles. The summed E-state index contributed by atoms with van der Waals surface area (Å²) in [5.74, 6) is -7.34. The molecule has 14 heteroatoms. The van der Waals surface area contributed by atoms with Crippen molar-refractivity contribution < 1.29 is 58.4 Å². The van der Waals surface area contributed by atoms with E-state index in [0.29, 0.717) is 6.08 Å². The molecule has 0 bridgehead atoms. The Morgan fingerprint density at radius 3 is 1.94 bits per heavy atom. The number of hydrogen-bond acceptors (Lipinski definition) is 6. The number of alkyl halides is 6. The number of esters is 2. The number of halogens is 6. The molecule has 0 radical (unpaired) electrons. The minimum absolute atomic E-state index is 0.136. The minimum atomic E-state index is -6.51. The van der Waals surface area contributed by atoms with Gasteiger partial charge in [0.2, 0.25) is 0 Å². The fourth-order valence-corrected chi connectivity index (χ4v) is 3.45. The summed E-state index contributed by atoms with van der Waals surface area (Å²) >= 11 is 0. The highest BCUT2D eigenvalue weighted by Gasteiger charge is 2.76. The maximum Gasteiger partial charge on any atom is 0.438 e. The summed E-state index contributed by atoms with van der Waals surface area (Å²) in [6.07, 6.45) is -12.4. The first-order chi connectivity index (χ1) is 14.5. The van der Waals surface area contributed by atoms with E-state index >= 15 is 0 Å². The van der Waals surface area contributed by atoms with Crippen molar-refractivity contribution >= 4 is 32.8 Å². The molecule has 0 aliphatic heterocycles. The largest absolute Gasteiger partial charge is 0.438 e. The van der Waals surface area contributed by atoms with Crippen LogP contribution in [0.3, 0.4) is 0 Å². The van der Waals surface area contributed by atoms with Gasteiger partial charge in [-0.25, -0.2) is 9.59 Å². The zero-order chi connectivity index (χ0) is 24.5. The first-order valence-corrected chi connectivity index (χ1v) is 9.80. The minimum Gasteiger partial charge on any atom is -0.434 e. The molecule has 2 aromatic carbocycles. The second kappa shape index (κ2) is 8.43. The van der Waals surface area contributed by atoms with Gasteiger partial charge in [-0.1, -0.05) is 30.8 Å². The van der Waals surface area contributed by atoms with Gasteiger partial charge in [0.05, 0.1) is 0 Å². The quantitative estimate of drug-likeness (QED) is 0.217. The van der Waals surface area contributed by atoms with E-state index in [9.17, 15) is 44.3 Å². The molecule has 32 heavy (non-hydrogen) atoms. The van der Waals surface area contributed by atoms with Crippen molar-refractivity contribution in [2.24, 2.45) is 0 Å². The monoisotopic (exact) mass is 486 g/mol. The van der Waals surface area contributed by atoms with Gasteiger partial charge in [-0.05, 0) is 22.9 Å². The zero-order valence-electron chi connectivity index (χ0n) is 15.5. The van der Waals surface area contributed by atoms with Crippen LogP contribution in [0.4, 0.5) is 26.3 Å². The Morgan fingerprint density at radius 1 is 1.00 bits per heavy atom. The Kier molecular flexibility index (Phi) is 6.62. The van der Waals surface area contributed by atoms with Crippen molar-refractivity contribution in [2.75, 3.05) is 5.75 Å². The Balaban J connectivity index is 2.71. The lowest BCUT2D eigenvalue weighted by atomic mass is 10.0. The summed E-state index contributed by atoms with van der Waals surface area (Å²) in [5.41, 5.74) is -6.66. The van der Waals surface area contributed by atoms with Gasteiger partial charge in [-0.2, -0.15) is 34.8 Å². The predicted octanol–water partition coefficient (Wildman–Crippen LogP) is 3.84. The van der Waals surface area contributed by atoms with Crippen LogP contribution in [0, 0.1) is 0 Å². The van der Waals surface area contributed by atoms with Crippen LogP contribution in [0.5, 0.6) is 5.75 Å². The number of hydrogen-bond donors (Lipinski definition) is 1. The van der Waals surface area contributed by atoms with E-state index in [1.54, 1.807) is 0 Å². The third kappa shape index (κ3) is 5.19. The Morgan fingerprint density at radius 2 is 1.50 bits per heavy atom. The van der Waals surface area contributed by atoms with Crippen LogP contribution in [-0.2, 0) is 19.6 Å². The summed E-state index contributed by atoms with van der Waals surface area (Å²) in [4.78, 5) is 24.0. The maximum atomic E-state index is 13.4. The molecule has 0 saturated heterocycles. The van der Waals surface area contributed by atoms with E-state index in [1.807, 2.05) is 0 Å². The van der Waals surface area contributed by atoms with Crippen molar-refractivity contribution in [3.63, 3.8) is 0 Å². The molecule has 0 spiro atoms. The van der Waals surface area contributed by atoms with E-state index in [-0.39, 0.29) is 10.8 Å². The fraction of sp³-hybridized carbons (Fsp3) is 0.222. The Hall–Kier alpha value is -3.13. The van der Waals surface area contributed by atoms with Gasteiger partial charge >= 0.3 is 29.9 Å². The highest BCUT2D eigenvalue weighted by atomic mass is 32.2. The van der Waals surface area contributed by atoms with Gasteiger partial charge in [-0.3, -0.25) is 4.55 Å². The molecule has 0 atom stereocenters. The second-order valence-electron chi connectivity index (χ2n) is 6.26. The lowest BCUT2D eigenvalue weighted by molar-refractivity contribution is -0.356. The Labute approximate surface area is 176 Å². The third-order valence-electron chi connectivity index (χ3n) is 4.01. The van der Waals surface area contributed by atoms with Crippen molar-refractivity contribution in [2.45, 2.75) is 18.0 Å². The number of carbonyl (C=O) groups excluding carboxylic acids is 2. The number of carbonyl (C=O) groups is 2. The Bertz CT molecular complexity index is 1150. The lowest BCUT2D eigenvalue weighted by Crippen LogP contribution is -2.63. The van der Waals surface area contributed by atoms with Crippen LogP contribution >= 0.6 is 0 Å². The molecular formula is C18H12F6O7S. The van der Waals surface area contributed by atoms with Gasteiger partial charge in [0.25, 0.3) is 10.1 Å². The normalized spacial score (nSPS) is 13.0. The summed E-state index contributed by atoms with van der Waals surface area (Å²) in [7, 11) is -5.96. The highest BCUT2D eigenvalue weighted by Crippen LogP contribution is 2.47. The van der Waals surface area contributed by atoms with Crippen LogP contribution in [0.1, 0.15) is 10.4 Å². The topological polar surface area (TPSA) is 107 Å². The van der Waals surface area contributed by atoms with Gasteiger partial charge < -0.3 is 9.47 Å². The first-order valence-electron chi connectivity index (χ1n) is 8.20. The number of ether oxygens (including phenoxy) is 2. The molecule has 7 nitrogen and oxygen atoms in total. The molecule has 0 aliphatic carbocycles. The molecule has 174 valence electrons. The standard InChI is InChI=1S/C18H12F6O7S/c1-2-14(25)30-13-8-11-6-4-3-5-10(11)7-12(13)15(26)31-16(17(19,20)21,18(22,23)24)9-32(27,28)29/h2-8H,1,9H2,(H,27,28,29). The number of fused-ring (bicyclic) bond motifs is 1. The fourth-order valence-electron chi connectivity index (χ4n) is 2.55. The van der Waals surface area contributed by atoms with E-state index in [0.717, 1.165) is 12.1 Å². The molecule has 0 amide bonds. The molecule has 0 unspecified atom stereocenters. The van der Waals surface area contributed by atoms with Crippen molar-refractivity contribution in [1.82, 2.24) is 0 Å². The van der Waals surface area contributed by atoms with Crippen molar-refractivity contribution in [3.05, 3.63) is 54.6 Å². The SMILES string of the molecule is C=CC(=O)Oc1cc2ccccc2cc1C(=O)OC(CS(=O)(=O)O)(C(F)(F)F)C(F)(F)F. The molecule has 2 aromatic rings. The average molecular weight is 486 g/mol. The molecule has 0 heterocycles. The lowest BCUT2D eigenvalue weighted by Gasteiger charge is -2.35. The van der Waals surface area contributed by atoms with Gasteiger partial charge in [0.15, 0.2) is 0 Å². The summed E-state index contributed by atoms with van der Waals surface area (Å²) in [6, 6.07) is 7.46. The van der Waals surface area contributed by atoms with Crippen LogP contribution in [0.25, 0.3) is 10.8 Å². The molecule has 0 aromatic heterocycles. The van der Waals surface area contributed by atoms with Crippen LogP contribution < -0.4 is 4.74 Å². The molecule has 0 fully saturated rings. The predicted molar refractivity (Wildman–Crippen MR) is 96.5 cm³/mol. The van der Waals surface area contributed by atoms with Crippen LogP contribution in [-0.4, -0.2) is 48.6 Å². The van der Waals surface area contributed by atoms with Gasteiger partial charge in [0.1, 0.15) is 17.1 Å². The average Bonchev–Trinajstić information content (AvgIpc) is 2.63. The van der Waals surface area contributed by atoms with Crippen LogP contribution in [0.2, 0.25) is 0 Å². The van der Waals surface area contributed by atoms with Gasteiger partial charge in [-0.15, -0.1) is 0 Å². The van der Waals surface area contributed by atoms with Gasteiger partial charge in [0, 0.05) is 6.08 Å². The molecular weight excluding hydrogens is 474 g/mol. The number of rotatable bonds is 6. The molecule has 1 N–H and O–H groups in total. The number of benzene rings is 2. The van der Waals surface area contributed by atoms with E-state index in [4.69, 9.17) is 9.29 Å². The summed E-state index contributed by atoms with van der Waals surface area (Å²) in [6.45, 7) is 3.08. The summed E-state index contributed by atoms with van der Waals surface area (Å²) in [5, 5.41) is 0.420. The first kappa shape index (κ1) is 25.1. The molecule has 0 aliphatic rings. The highest BCUT2D eigenvalue weighted by molar-refractivity contribution is 7.85. The smallest absolute Gasteiger partial charge is 0.434 e. The summed E-state index contributed by atoms with van der Waals surface area (Å²) < 4.78 is 120. The van der Waals surface area contributed by atoms with Crippen molar-refractivity contribution in [1.29, 1.82) is 0 Å². The third-order valence-corrected chi connectivity index (χ3v) is 4.78. The van der Waals surface area contributed by atoms with Crippen LogP contribution in [0.15, 0.2) is 49.1 Å². The van der Waals surface area contributed by atoms with Crippen molar-refractivity contribution in [3.8, 4) is 5.75 Å². The van der Waals surface area contributed by atoms with E-state index in [2.05, 4.69) is 11.3 Å². The second-order valence-corrected chi connectivity index (χ2v) is 7.71. The molecule has 2 rings (SSSR count). The van der Waals surface area contributed by atoms with E-state index < -0.39 is 57.1 Å². The maximum absolute atomic E-state index is 13.4. The zero-order valence-corrected chi connectivity index (χ0v) is 16.3. The van der Waals surface area contributed by atoms with E-state index in [1.165, 1.54) is 24.3 Å².